The average Bonchev–Trinajstić information content (AvgIpc) is 2.77. The molecule has 1 unspecified atom stereocenters. The normalized spacial score (nSPS) is 11.9. The van der Waals surface area contributed by atoms with E-state index in [0.29, 0.717) is 19.3 Å². The number of ketones is 1. The highest BCUT2D eigenvalue weighted by molar-refractivity contribution is 5.76. The molecule has 0 N–H and O–H groups in total. The van der Waals surface area contributed by atoms with Gasteiger partial charge in [-0.25, -0.2) is 0 Å². The second kappa shape index (κ2) is 11.6. The van der Waals surface area contributed by atoms with Crippen LogP contribution in [0.25, 0.3) is 0 Å². The molecule has 2 rings (SSSR count). The summed E-state index contributed by atoms with van der Waals surface area (Å²) in [5, 5.41) is 0. The highest BCUT2D eigenvalue weighted by Gasteiger charge is 2.47. The van der Waals surface area contributed by atoms with Crippen LogP contribution in [0, 0.1) is 23.7 Å². The Balaban J connectivity index is 2.84. The zero-order chi connectivity index (χ0) is 25.5. The van der Waals surface area contributed by atoms with Crippen molar-refractivity contribution in [2.45, 2.75) is 53.4 Å². The van der Waals surface area contributed by atoms with E-state index in [0.717, 1.165) is 40.5 Å². The Bertz CT molecular complexity index is 859. The number of hydrogen-bond donors (Lipinski definition) is 0. The average molecular weight is 470 g/mol. The van der Waals surface area contributed by atoms with E-state index >= 15 is 0 Å². The largest absolute Gasteiger partial charge is 0.496 e. The van der Waals surface area contributed by atoms with Crippen LogP contribution >= 0.6 is 0 Å². The molecule has 0 saturated heterocycles. The third-order valence-corrected chi connectivity index (χ3v) is 6.97. The SMILES string of the molecule is [CH2]C(C)CC(C)(C)C(CC(C)=O)(Cc1c(OC)cccc1OC)Cc1c(OC)cccc1OC. The first kappa shape index (κ1) is 27.6. The monoisotopic (exact) mass is 469 g/mol. The quantitative estimate of drug-likeness (QED) is 0.342. The number of methoxy groups -OCH3 is 4. The molecular formula is C29H41O5. The highest BCUT2D eigenvalue weighted by atomic mass is 16.5. The lowest BCUT2D eigenvalue weighted by molar-refractivity contribution is -0.122. The molecule has 1 radical (unpaired) electrons. The lowest BCUT2D eigenvalue weighted by Gasteiger charge is -2.49. The van der Waals surface area contributed by atoms with Crippen molar-refractivity contribution in [2.24, 2.45) is 16.7 Å². The van der Waals surface area contributed by atoms with Crippen molar-refractivity contribution in [3.8, 4) is 23.0 Å². The third-order valence-electron chi connectivity index (χ3n) is 6.97. The molecule has 5 heteroatoms. The zero-order valence-electron chi connectivity index (χ0n) is 22.1. The lowest BCUT2D eigenvalue weighted by atomic mass is 9.55. The zero-order valence-corrected chi connectivity index (χ0v) is 22.1. The number of ether oxygens (including phenoxy) is 4. The van der Waals surface area contributed by atoms with Gasteiger partial charge in [-0.2, -0.15) is 0 Å². The predicted molar refractivity (Wildman–Crippen MR) is 137 cm³/mol. The molecule has 34 heavy (non-hydrogen) atoms. The maximum absolute atomic E-state index is 12.8. The predicted octanol–water partition coefficient (Wildman–Crippen LogP) is 6.36. The molecule has 0 heterocycles. The van der Waals surface area contributed by atoms with Gasteiger partial charge in [0, 0.05) is 17.5 Å². The summed E-state index contributed by atoms with van der Waals surface area (Å²) in [7, 11) is 6.66. The van der Waals surface area contributed by atoms with Crippen LogP contribution in [0.15, 0.2) is 36.4 Å². The Morgan fingerprint density at radius 1 is 0.824 bits per heavy atom. The van der Waals surface area contributed by atoms with Gasteiger partial charge in [-0.15, -0.1) is 0 Å². The molecule has 0 saturated carbocycles. The highest BCUT2D eigenvalue weighted by Crippen LogP contribution is 2.54. The molecular weight excluding hydrogens is 428 g/mol. The van der Waals surface area contributed by atoms with Gasteiger partial charge in [0.15, 0.2) is 0 Å². The molecule has 0 aromatic heterocycles. The van der Waals surface area contributed by atoms with Crippen LogP contribution in [0.3, 0.4) is 0 Å². The summed E-state index contributed by atoms with van der Waals surface area (Å²) in [6.07, 6.45) is 2.39. The molecule has 187 valence electrons. The Morgan fingerprint density at radius 3 is 1.44 bits per heavy atom. The molecule has 5 nitrogen and oxygen atoms in total. The Kier molecular flexibility index (Phi) is 9.43. The van der Waals surface area contributed by atoms with Crippen molar-refractivity contribution >= 4 is 5.78 Å². The van der Waals surface area contributed by atoms with Crippen LogP contribution in [0.1, 0.15) is 51.7 Å². The summed E-state index contributed by atoms with van der Waals surface area (Å²) in [5.41, 5.74) is 1.14. The van der Waals surface area contributed by atoms with Gasteiger partial charge >= 0.3 is 0 Å². The van der Waals surface area contributed by atoms with Crippen LogP contribution in [0.2, 0.25) is 0 Å². The van der Waals surface area contributed by atoms with Gasteiger partial charge in [0.25, 0.3) is 0 Å². The van der Waals surface area contributed by atoms with E-state index in [1.165, 1.54) is 0 Å². The molecule has 0 aliphatic heterocycles. The second-order valence-electron chi connectivity index (χ2n) is 9.99. The van der Waals surface area contributed by atoms with E-state index in [9.17, 15) is 4.79 Å². The van der Waals surface area contributed by atoms with E-state index in [4.69, 9.17) is 18.9 Å². The number of hydrogen-bond acceptors (Lipinski definition) is 5. The van der Waals surface area contributed by atoms with Gasteiger partial charge < -0.3 is 23.7 Å². The number of benzene rings is 2. The Labute approximate surface area is 205 Å². The minimum atomic E-state index is -0.491. The first-order chi connectivity index (χ1) is 16.0. The van der Waals surface area contributed by atoms with E-state index < -0.39 is 5.41 Å². The first-order valence-corrected chi connectivity index (χ1v) is 11.8. The van der Waals surface area contributed by atoms with E-state index in [1.54, 1.807) is 35.4 Å². The molecule has 0 bridgehead atoms. The maximum atomic E-state index is 12.8. The summed E-state index contributed by atoms with van der Waals surface area (Å²) in [6.45, 7) is 12.5. The molecule has 0 amide bonds. The minimum absolute atomic E-state index is 0.132. The third kappa shape index (κ3) is 6.05. The van der Waals surface area contributed by atoms with Gasteiger partial charge in [0.2, 0.25) is 0 Å². The summed E-state index contributed by atoms with van der Waals surface area (Å²) in [6, 6.07) is 11.6. The topological polar surface area (TPSA) is 54.0 Å². The fraction of sp³-hybridized carbons (Fsp3) is 0.517. The van der Waals surface area contributed by atoms with Crippen LogP contribution in [-0.4, -0.2) is 34.2 Å². The van der Waals surface area contributed by atoms with E-state index in [2.05, 4.69) is 27.7 Å². The summed E-state index contributed by atoms with van der Waals surface area (Å²) < 4.78 is 23.0. The van der Waals surface area contributed by atoms with Crippen LogP contribution < -0.4 is 18.9 Å². The van der Waals surface area contributed by atoms with Crippen LogP contribution in [-0.2, 0) is 17.6 Å². The molecule has 0 aliphatic carbocycles. The summed E-state index contributed by atoms with van der Waals surface area (Å²) in [5.74, 6) is 3.33. The fourth-order valence-electron chi connectivity index (χ4n) is 5.35. The molecule has 2 aromatic carbocycles. The summed E-state index contributed by atoms with van der Waals surface area (Å²) in [4.78, 5) is 12.8. The number of Topliss-reactive ketones (excluding diaryl/α,β-unsaturated/α-hetero) is 1. The maximum Gasteiger partial charge on any atom is 0.130 e. The number of carbonyl (C=O) groups excluding carboxylic acids is 1. The van der Waals surface area contributed by atoms with Crippen LogP contribution in [0.5, 0.6) is 23.0 Å². The van der Waals surface area contributed by atoms with Crippen molar-refractivity contribution < 1.29 is 23.7 Å². The smallest absolute Gasteiger partial charge is 0.130 e. The van der Waals surface area contributed by atoms with Gasteiger partial charge in [-0.05, 0) is 67.2 Å². The van der Waals surface area contributed by atoms with Crippen molar-refractivity contribution in [2.75, 3.05) is 28.4 Å². The summed E-state index contributed by atoms with van der Waals surface area (Å²) >= 11 is 0. The van der Waals surface area contributed by atoms with Gasteiger partial charge in [-0.3, -0.25) is 0 Å². The Hall–Kier alpha value is -2.69. The molecule has 2 aromatic rings. The number of carbonyl (C=O) groups is 1. The van der Waals surface area contributed by atoms with Crippen molar-refractivity contribution in [3.63, 3.8) is 0 Å². The first-order valence-electron chi connectivity index (χ1n) is 11.8. The fourth-order valence-corrected chi connectivity index (χ4v) is 5.35. The molecule has 0 spiro atoms. The number of rotatable bonds is 13. The minimum Gasteiger partial charge on any atom is -0.496 e. The van der Waals surface area contributed by atoms with E-state index in [1.807, 2.05) is 36.4 Å². The van der Waals surface area contributed by atoms with Crippen molar-refractivity contribution in [1.82, 2.24) is 0 Å². The second-order valence-corrected chi connectivity index (χ2v) is 9.99. The van der Waals surface area contributed by atoms with Gasteiger partial charge in [-0.1, -0.05) is 39.8 Å². The lowest BCUT2D eigenvalue weighted by Crippen LogP contribution is -2.44. The Morgan fingerprint density at radius 2 is 1.18 bits per heavy atom. The molecule has 0 aliphatic rings. The van der Waals surface area contributed by atoms with Gasteiger partial charge in [0.05, 0.1) is 28.4 Å². The molecule has 0 fully saturated rings. The van der Waals surface area contributed by atoms with Crippen molar-refractivity contribution in [1.29, 1.82) is 0 Å². The molecule has 1 atom stereocenters. The van der Waals surface area contributed by atoms with Gasteiger partial charge in [0.1, 0.15) is 28.8 Å². The van der Waals surface area contributed by atoms with Crippen LogP contribution in [0.4, 0.5) is 0 Å². The van der Waals surface area contributed by atoms with E-state index in [-0.39, 0.29) is 17.1 Å². The van der Waals surface area contributed by atoms with Crippen molar-refractivity contribution in [3.05, 3.63) is 54.4 Å². The standard InChI is InChI=1S/C29H41O5/c1-20(2)16-28(4,5)29(17-21(3)30,18-22-24(31-6)12-10-13-25(22)32-7)19-23-26(33-8)14-11-15-27(23)34-9/h10-15,20H,1,16-19H2,2-9H3.